The molecule has 1 saturated heterocycles. The van der Waals surface area contributed by atoms with E-state index in [0.29, 0.717) is 17.1 Å². The molecular weight excluding hydrogens is 450 g/mol. The number of hydrogen-bond acceptors (Lipinski definition) is 8. The predicted molar refractivity (Wildman–Crippen MR) is 120 cm³/mol. The molecule has 1 N–H and O–H groups in total. The van der Waals surface area contributed by atoms with Crippen molar-refractivity contribution >= 4 is 40.9 Å². The SMILES string of the molecule is CCOC(=O)CN1C(=O)SC(=Cc2ccc(OCc3ccc(C(=O)O)cc3)c(OC)c2)C1=O. The summed E-state index contributed by atoms with van der Waals surface area (Å²) in [7, 11) is 1.47. The van der Waals surface area contributed by atoms with Gasteiger partial charge in [0.2, 0.25) is 0 Å². The van der Waals surface area contributed by atoms with E-state index in [1.807, 2.05) is 0 Å². The van der Waals surface area contributed by atoms with Gasteiger partial charge in [0.25, 0.3) is 11.1 Å². The molecule has 1 heterocycles. The molecule has 1 aliphatic rings. The maximum absolute atomic E-state index is 12.5. The number of amides is 2. The van der Waals surface area contributed by atoms with Crippen molar-refractivity contribution in [2.24, 2.45) is 0 Å². The minimum absolute atomic E-state index is 0.159. The predicted octanol–water partition coefficient (Wildman–Crippen LogP) is 3.57. The van der Waals surface area contributed by atoms with Gasteiger partial charge in [-0.3, -0.25) is 19.3 Å². The van der Waals surface area contributed by atoms with Crippen molar-refractivity contribution in [3.05, 3.63) is 64.1 Å². The molecule has 2 aromatic carbocycles. The van der Waals surface area contributed by atoms with Crippen LogP contribution in [0.15, 0.2) is 47.4 Å². The van der Waals surface area contributed by atoms with E-state index in [0.717, 1.165) is 22.2 Å². The number of methoxy groups -OCH3 is 1. The number of carboxylic acids is 1. The van der Waals surface area contributed by atoms with Crippen molar-refractivity contribution in [3.8, 4) is 11.5 Å². The number of thioether (sulfide) groups is 1. The number of hydrogen-bond donors (Lipinski definition) is 1. The van der Waals surface area contributed by atoms with Gasteiger partial charge in [-0.15, -0.1) is 0 Å². The van der Waals surface area contributed by atoms with Crippen molar-refractivity contribution in [1.29, 1.82) is 0 Å². The van der Waals surface area contributed by atoms with Crippen LogP contribution in [0, 0.1) is 0 Å². The zero-order chi connectivity index (χ0) is 24.0. The van der Waals surface area contributed by atoms with Crippen LogP contribution < -0.4 is 9.47 Å². The fraction of sp³-hybridized carbons (Fsp3) is 0.217. The monoisotopic (exact) mass is 471 g/mol. The summed E-state index contributed by atoms with van der Waals surface area (Å²) < 4.78 is 16.0. The first kappa shape index (κ1) is 23.9. The third-order valence-corrected chi connectivity index (χ3v) is 5.45. The number of aromatic carboxylic acids is 1. The lowest BCUT2D eigenvalue weighted by Gasteiger charge is -2.12. The molecule has 0 spiro atoms. The molecule has 0 saturated carbocycles. The first-order valence-electron chi connectivity index (χ1n) is 9.86. The molecular formula is C23H21NO8S. The van der Waals surface area contributed by atoms with Gasteiger partial charge in [-0.1, -0.05) is 18.2 Å². The van der Waals surface area contributed by atoms with Crippen molar-refractivity contribution in [3.63, 3.8) is 0 Å². The maximum atomic E-state index is 12.5. The standard InChI is InChI=1S/C23H21NO8S/c1-3-31-20(25)12-24-21(26)19(33-23(24)29)11-15-6-9-17(18(10-15)30-2)32-13-14-4-7-16(8-5-14)22(27)28/h4-11H,3,12-13H2,1-2H3,(H,27,28). The summed E-state index contributed by atoms with van der Waals surface area (Å²) in [6.07, 6.45) is 1.53. The first-order valence-corrected chi connectivity index (χ1v) is 10.7. The number of benzene rings is 2. The van der Waals surface area contributed by atoms with Crippen LogP contribution in [0.5, 0.6) is 11.5 Å². The number of carbonyl (C=O) groups excluding carboxylic acids is 3. The van der Waals surface area contributed by atoms with Crippen LogP contribution in [0.2, 0.25) is 0 Å². The quantitative estimate of drug-likeness (QED) is 0.432. The van der Waals surface area contributed by atoms with Gasteiger partial charge in [0.15, 0.2) is 11.5 Å². The lowest BCUT2D eigenvalue weighted by atomic mass is 10.1. The van der Waals surface area contributed by atoms with Gasteiger partial charge in [-0.2, -0.15) is 0 Å². The minimum atomic E-state index is -1.00. The second-order valence-electron chi connectivity index (χ2n) is 6.77. The summed E-state index contributed by atoms with van der Waals surface area (Å²) in [5, 5.41) is 8.43. The van der Waals surface area contributed by atoms with Crippen LogP contribution in [0.25, 0.3) is 6.08 Å². The second-order valence-corrected chi connectivity index (χ2v) is 7.77. The van der Waals surface area contributed by atoms with Crippen LogP contribution in [0.4, 0.5) is 4.79 Å². The number of nitrogens with zero attached hydrogens (tertiary/aromatic N) is 1. The summed E-state index contributed by atoms with van der Waals surface area (Å²) in [5.74, 6) is -1.36. The Morgan fingerprint density at radius 2 is 1.82 bits per heavy atom. The lowest BCUT2D eigenvalue weighted by Crippen LogP contribution is -2.34. The molecule has 1 fully saturated rings. The van der Waals surface area contributed by atoms with Gasteiger partial charge in [-0.05, 0) is 60.2 Å². The Morgan fingerprint density at radius 1 is 1.09 bits per heavy atom. The zero-order valence-electron chi connectivity index (χ0n) is 17.9. The zero-order valence-corrected chi connectivity index (χ0v) is 18.7. The third kappa shape index (κ3) is 5.92. The fourth-order valence-electron chi connectivity index (χ4n) is 2.92. The van der Waals surface area contributed by atoms with Crippen LogP contribution in [0.1, 0.15) is 28.4 Å². The lowest BCUT2D eigenvalue weighted by molar-refractivity contribution is -0.145. The molecule has 0 bridgehead atoms. The minimum Gasteiger partial charge on any atom is -0.493 e. The summed E-state index contributed by atoms with van der Waals surface area (Å²) in [6.45, 7) is 1.57. The highest BCUT2D eigenvalue weighted by atomic mass is 32.2. The largest absolute Gasteiger partial charge is 0.493 e. The number of esters is 1. The summed E-state index contributed by atoms with van der Waals surface area (Å²) in [5.41, 5.74) is 1.57. The molecule has 1 aliphatic heterocycles. The molecule has 172 valence electrons. The molecule has 0 aliphatic carbocycles. The van der Waals surface area contributed by atoms with E-state index in [-0.39, 0.29) is 23.7 Å². The molecule has 0 unspecified atom stereocenters. The first-order chi connectivity index (χ1) is 15.8. The summed E-state index contributed by atoms with van der Waals surface area (Å²) >= 11 is 0.742. The van der Waals surface area contributed by atoms with Crippen LogP contribution >= 0.6 is 11.8 Å². The summed E-state index contributed by atoms with van der Waals surface area (Å²) in [4.78, 5) is 48.2. The smallest absolute Gasteiger partial charge is 0.335 e. The molecule has 0 atom stereocenters. The van der Waals surface area contributed by atoms with E-state index in [1.54, 1.807) is 37.3 Å². The average Bonchev–Trinajstić information content (AvgIpc) is 3.05. The maximum Gasteiger partial charge on any atom is 0.335 e. The van der Waals surface area contributed by atoms with Crippen molar-refractivity contribution in [2.45, 2.75) is 13.5 Å². The van der Waals surface area contributed by atoms with Crippen LogP contribution in [-0.4, -0.2) is 53.4 Å². The molecule has 2 aromatic rings. The van der Waals surface area contributed by atoms with E-state index in [1.165, 1.54) is 25.3 Å². The van der Waals surface area contributed by atoms with Gasteiger partial charge in [0.05, 0.1) is 24.2 Å². The van der Waals surface area contributed by atoms with Gasteiger partial charge in [0.1, 0.15) is 13.2 Å². The number of ether oxygens (including phenoxy) is 3. The Morgan fingerprint density at radius 3 is 2.45 bits per heavy atom. The third-order valence-electron chi connectivity index (χ3n) is 4.55. The molecule has 2 amide bonds. The Labute approximate surface area is 193 Å². The van der Waals surface area contributed by atoms with Gasteiger partial charge >= 0.3 is 11.9 Å². The summed E-state index contributed by atoms with van der Waals surface area (Å²) in [6, 6.07) is 11.3. The molecule has 9 nitrogen and oxygen atoms in total. The van der Waals surface area contributed by atoms with E-state index in [9.17, 15) is 19.2 Å². The average molecular weight is 471 g/mol. The van der Waals surface area contributed by atoms with Crippen LogP contribution in [0.3, 0.4) is 0 Å². The topological polar surface area (TPSA) is 119 Å². The van der Waals surface area contributed by atoms with E-state index >= 15 is 0 Å². The molecule has 33 heavy (non-hydrogen) atoms. The molecule has 3 rings (SSSR count). The van der Waals surface area contributed by atoms with Crippen molar-refractivity contribution < 1.29 is 38.5 Å². The normalized spacial score (nSPS) is 14.5. The second kappa shape index (κ2) is 10.7. The highest BCUT2D eigenvalue weighted by molar-refractivity contribution is 8.18. The Hall–Kier alpha value is -3.79. The fourth-order valence-corrected chi connectivity index (χ4v) is 3.76. The van der Waals surface area contributed by atoms with Gasteiger partial charge in [-0.25, -0.2) is 4.79 Å². The Balaban J connectivity index is 1.70. The van der Waals surface area contributed by atoms with Crippen LogP contribution in [-0.2, 0) is 20.9 Å². The van der Waals surface area contributed by atoms with Gasteiger partial charge < -0.3 is 19.3 Å². The molecule has 10 heteroatoms. The Bertz CT molecular complexity index is 1110. The number of carbonyl (C=O) groups is 4. The van der Waals surface area contributed by atoms with E-state index < -0.39 is 29.6 Å². The molecule has 0 radical (unpaired) electrons. The number of imide groups is 1. The number of carboxylic acid groups (broad SMARTS) is 1. The highest BCUT2D eigenvalue weighted by Crippen LogP contribution is 2.34. The van der Waals surface area contributed by atoms with E-state index in [4.69, 9.17) is 19.3 Å². The van der Waals surface area contributed by atoms with Gasteiger partial charge in [0, 0.05) is 0 Å². The number of rotatable bonds is 9. The van der Waals surface area contributed by atoms with E-state index in [2.05, 4.69) is 0 Å². The Kier molecular flexibility index (Phi) is 7.73. The van der Waals surface area contributed by atoms with Crippen molar-refractivity contribution in [2.75, 3.05) is 20.3 Å². The highest BCUT2D eigenvalue weighted by Gasteiger charge is 2.36. The molecule has 0 aromatic heterocycles. The van der Waals surface area contributed by atoms with Crippen molar-refractivity contribution in [1.82, 2.24) is 4.90 Å².